The molecule has 25 heavy (non-hydrogen) atoms. The highest BCUT2D eigenvalue weighted by Crippen LogP contribution is 2.35. The Morgan fingerprint density at radius 2 is 1.88 bits per heavy atom. The summed E-state index contributed by atoms with van der Waals surface area (Å²) in [6, 6.07) is 15.8. The van der Waals surface area contributed by atoms with Gasteiger partial charge in [0, 0.05) is 17.8 Å². The molecule has 2 aromatic rings. The summed E-state index contributed by atoms with van der Waals surface area (Å²) in [5, 5.41) is 2.95. The molecule has 0 saturated carbocycles. The molecule has 2 amide bonds. The van der Waals surface area contributed by atoms with Gasteiger partial charge in [0.25, 0.3) is 5.91 Å². The summed E-state index contributed by atoms with van der Waals surface area (Å²) in [6.07, 6.45) is 1.89. The number of rotatable bonds is 5. The normalized spacial score (nSPS) is 16.6. The van der Waals surface area contributed by atoms with E-state index in [4.69, 9.17) is 4.74 Å². The van der Waals surface area contributed by atoms with Crippen LogP contribution < -0.4 is 15.0 Å². The Bertz CT molecular complexity index is 746. The van der Waals surface area contributed by atoms with Gasteiger partial charge in [-0.2, -0.15) is 0 Å². The molecule has 0 bridgehead atoms. The monoisotopic (exact) mass is 338 g/mol. The zero-order chi connectivity index (χ0) is 17.6. The van der Waals surface area contributed by atoms with Crippen molar-refractivity contribution in [2.45, 2.75) is 25.8 Å². The third-order valence-corrected chi connectivity index (χ3v) is 4.20. The molecule has 1 aliphatic heterocycles. The molecule has 0 aliphatic carbocycles. The lowest BCUT2D eigenvalue weighted by molar-refractivity contribution is -0.126. The van der Waals surface area contributed by atoms with E-state index in [-0.39, 0.29) is 18.4 Å². The van der Waals surface area contributed by atoms with Crippen LogP contribution in [0.15, 0.2) is 54.6 Å². The second-order valence-electron chi connectivity index (χ2n) is 5.97. The van der Waals surface area contributed by atoms with Crippen molar-refractivity contribution < 1.29 is 14.3 Å². The number of amides is 2. The van der Waals surface area contributed by atoms with Crippen LogP contribution in [0.2, 0.25) is 0 Å². The van der Waals surface area contributed by atoms with Gasteiger partial charge in [-0.05, 0) is 24.6 Å². The number of ether oxygens (including phenoxy) is 1. The first-order chi connectivity index (χ1) is 12.2. The lowest BCUT2D eigenvalue weighted by Gasteiger charge is -2.29. The average Bonchev–Trinajstić information content (AvgIpc) is 2.79. The van der Waals surface area contributed by atoms with Crippen molar-refractivity contribution in [3.05, 3.63) is 60.2 Å². The van der Waals surface area contributed by atoms with Crippen molar-refractivity contribution in [3.63, 3.8) is 0 Å². The minimum Gasteiger partial charge on any atom is -0.483 e. The molecule has 2 aromatic carbocycles. The Hall–Kier alpha value is -2.82. The van der Waals surface area contributed by atoms with Crippen molar-refractivity contribution in [3.8, 4) is 5.75 Å². The molecule has 5 nitrogen and oxygen atoms in total. The summed E-state index contributed by atoms with van der Waals surface area (Å²) in [5.74, 6) is 0.145. The van der Waals surface area contributed by atoms with E-state index in [0.29, 0.717) is 23.5 Å². The Kier molecular flexibility index (Phi) is 5.33. The van der Waals surface area contributed by atoms with Crippen molar-refractivity contribution >= 4 is 17.5 Å². The number of anilines is 1. The van der Waals surface area contributed by atoms with E-state index in [1.165, 1.54) is 4.90 Å². The smallest absolute Gasteiger partial charge is 0.265 e. The van der Waals surface area contributed by atoms with Gasteiger partial charge in [0.15, 0.2) is 6.61 Å². The molecule has 1 aliphatic rings. The van der Waals surface area contributed by atoms with Crippen molar-refractivity contribution in [1.29, 1.82) is 0 Å². The third kappa shape index (κ3) is 3.65. The van der Waals surface area contributed by atoms with Crippen LogP contribution in [0.3, 0.4) is 0 Å². The molecular weight excluding hydrogens is 316 g/mol. The summed E-state index contributed by atoms with van der Waals surface area (Å²) in [5.41, 5.74) is 1.38. The van der Waals surface area contributed by atoms with Gasteiger partial charge in [-0.15, -0.1) is 0 Å². The summed E-state index contributed by atoms with van der Waals surface area (Å²) in [7, 11) is 0. The number of carbonyl (C=O) groups excluding carboxylic acids is 2. The number of benzene rings is 2. The summed E-state index contributed by atoms with van der Waals surface area (Å²) >= 11 is 0. The van der Waals surface area contributed by atoms with Crippen LogP contribution in [0.1, 0.15) is 31.4 Å². The number of unbranched alkanes of at least 4 members (excludes halogenated alkanes) is 1. The predicted octanol–water partition coefficient (Wildman–Crippen LogP) is 3.07. The Morgan fingerprint density at radius 3 is 2.64 bits per heavy atom. The van der Waals surface area contributed by atoms with Crippen LogP contribution >= 0.6 is 0 Å². The minimum atomic E-state index is -0.745. The summed E-state index contributed by atoms with van der Waals surface area (Å²) in [6.45, 7) is 2.57. The van der Waals surface area contributed by atoms with Crippen LogP contribution in [0.25, 0.3) is 0 Å². The first-order valence-corrected chi connectivity index (χ1v) is 8.59. The minimum absolute atomic E-state index is 0.0926. The maximum Gasteiger partial charge on any atom is 0.265 e. The molecule has 1 atom stereocenters. The molecule has 3 rings (SSSR count). The van der Waals surface area contributed by atoms with Gasteiger partial charge >= 0.3 is 0 Å². The lowest BCUT2D eigenvalue weighted by Crippen LogP contribution is -2.44. The van der Waals surface area contributed by atoms with Gasteiger partial charge in [0.2, 0.25) is 5.91 Å². The molecule has 0 fully saturated rings. The van der Waals surface area contributed by atoms with E-state index in [1.54, 1.807) is 6.07 Å². The zero-order valence-electron chi connectivity index (χ0n) is 14.3. The lowest BCUT2D eigenvalue weighted by atomic mass is 10.0. The van der Waals surface area contributed by atoms with Crippen LogP contribution in [-0.4, -0.2) is 25.0 Å². The highest BCUT2D eigenvalue weighted by atomic mass is 16.5. The predicted molar refractivity (Wildman–Crippen MR) is 96.5 cm³/mol. The summed E-state index contributed by atoms with van der Waals surface area (Å²) in [4.78, 5) is 27.2. The fourth-order valence-electron chi connectivity index (χ4n) is 2.96. The molecule has 0 saturated heterocycles. The third-order valence-electron chi connectivity index (χ3n) is 4.20. The molecule has 0 radical (unpaired) electrons. The quantitative estimate of drug-likeness (QED) is 0.853. The highest BCUT2D eigenvalue weighted by Gasteiger charge is 2.36. The van der Waals surface area contributed by atoms with Crippen LogP contribution in [0, 0.1) is 0 Å². The number of fused-ring (bicyclic) bond motifs is 1. The molecule has 0 spiro atoms. The first kappa shape index (κ1) is 17.0. The van der Waals surface area contributed by atoms with Gasteiger partial charge in [-0.3, -0.25) is 14.5 Å². The number of carbonyl (C=O) groups is 2. The second kappa shape index (κ2) is 7.83. The van der Waals surface area contributed by atoms with Crippen LogP contribution in [0.4, 0.5) is 5.69 Å². The van der Waals surface area contributed by atoms with Gasteiger partial charge < -0.3 is 10.1 Å². The average molecular weight is 338 g/mol. The van der Waals surface area contributed by atoms with E-state index in [0.717, 1.165) is 12.8 Å². The fourth-order valence-corrected chi connectivity index (χ4v) is 2.96. The van der Waals surface area contributed by atoms with Gasteiger partial charge in [-0.1, -0.05) is 49.7 Å². The molecule has 130 valence electrons. The van der Waals surface area contributed by atoms with Gasteiger partial charge in [0.1, 0.15) is 11.8 Å². The molecule has 1 unspecified atom stereocenters. The summed E-state index contributed by atoms with van der Waals surface area (Å²) < 4.78 is 5.65. The standard InChI is InChI=1S/C20H22N2O3/c1-2-3-13-21-20(24)19-16-11-7-8-12-17(16)25-14-18(23)22(19)15-9-5-4-6-10-15/h4-12,19H,2-3,13-14H2,1H3,(H,21,24). The van der Waals surface area contributed by atoms with E-state index in [1.807, 2.05) is 48.5 Å². The van der Waals surface area contributed by atoms with Crippen molar-refractivity contribution in [2.24, 2.45) is 0 Å². The number of nitrogens with one attached hydrogen (secondary N) is 1. The second-order valence-corrected chi connectivity index (χ2v) is 5.97. The van der Waals surface area contributed by atoms with E-state index >= 15 is 0 Å². The van der Waals surface area contributed by atoms with Gasteiger partial charge in [-0.25, -0.2) is 0 Å². The SMILES string of the molecule is CCCCNC(=O)C1c2ccccc2OCC(=O)N1c1ccccc1. The molecular formula is C20H22N2O3. The number of hydrogen-bond acceptors (Lipinski definition) is 3. The Morgan fingerprint density at radius 1 is 1.16 bits per heavy atom. The van der Waals surface area contributed by atoms with E-state index in [9.17, 15) is 9.59 Å². The maximum absolute atomic E-state index is 13.0. The number of nitrogens with zero attached hydrogens (tertiary/aromatic N) is 1. The number of para-hydroxylation sites is 2. The molecule has 1 N–H and O–H groups in total. The first-order valence-electron chi connectivity index (χ1n) is 8.59. The fraction of sp³-hybridized carbons (Fsp3) is 0.300. The highest BCUT2D eigenvalue weighted by molar-refractivity contribution is 6.03. The Balaban J connectivity index is 2.03. The van der Waals surface area contributed by atoms with E-state index in [2.05, 4.69) is 12.2 Å². The van der Waals surface area contributed by atoms with Gasteiger partial charge in [0.05, 0.1) is 0 Å². The topological polar surface area (TPSA) is 58.6 Å². The number of hydrogen-bond donors (Lipinski definition) is 1. The molecule has 1 heterocycles. The van der Waals surface area contributed by atoms with Crippen LogP contribution in [0.5, 0.6) is 5.75 Å². The molecule has 5 heteroatoms. The maximum atomic E-state index is 13.0. The van der Waals surface area contributed by atoms with E-state index < -0.39 is 6.04 Å². The molecule has 0 aromatic heterocycles. The Labute approximate surface area is 147 Å². The van der Waals surface area contributed by atoms with Crippen molar-refractivity contribution in [1.82, 2.24) is 5.32 Å². The zero-order valence-corrected chi connectivity index (χ0v) is 14.3. The van der Waals surface area contributed by atoms with Crippen molar-refractivity contribution in [2.75, 3.05) is 18.1 Å². The largest absolute Gasteiger partial charge is 0.483 e. The van der Waals surface area contributed by atoms with Crippen LogP contribution in [-0.2, 0) is 9.59 Å².